The highest BCUT2D eigenvalue weighted by Crippen LogP contribution is 2.40. The van der Waals surface area contributed by atoms with Crippen LogP contribution in [0.3, 0.4) is 0 Å². The Morgan fingerprint density at radius 1 is 1.50 bits per heavy atom. The summed E-state index contributed by atoms with van der Waals surface area (Å²) in [4.78, 5) is 4.50. The minimum Gasteiger partial charge on any atom is -0.324 e. The SMILES string of the molecule is CC1CC(n2c(CCl)nc3cc(Br)c(F)cc32)C1. The second-order valence-electron chi connectivity index (χ2n) is 5.02. The molecule has 1 aliphatic carbocycles. The first-order chi connectivity index (χ1) is 8.60. The normalized spacial score (nSPS) is 23.3. The van der Waals surface area contributed by atoms with Crippen LogP contribution in [-0.4, -0.2) is 9.55 Å². The molecule has 1 aromatic carbocycles. The summed E-state index contributed by atoms with van der Waals surface area (Å²) in [6.45, 7) is 2.23. The van der Waals surface area contributed by atoms with Crippen LogP contribution in [-0.2, 0) is 5.88 Å². The van der Waals surface area contributed by atoms with Gasteiger partial charge in [-0.3, -0.25) is 0 Å². The molecule has 0 amide bonds. The summed E-state index contributed by atoms with van der Waals surface area (Å²) in [6, 6.07) is 3.68. The van der Waals surface area contributed by atoms with Gasteiger partial charge in [0.25, 0.3) is 0 Å². The highest BCUT2D eigenvalue weighted by atomic mass is 79.9. The molecule has 0 atom stereocenters. The highest BCUT2D eigenvalue weighted by Gasteiger charge is 2.30. The van der Waals surface area contributed by atoms with E-state index in [4.69, 9.17) is 11.6 Å². The van der Waals surface area contributed by atoms with Gasteiger partial charge in [0.1, 0.15) is 11.6 Å². The Morgan fingerprint density at radius 2 is 2.22 bits per heavy atom. The van der Waals surface area contributed by atoms with Crippen LogP contribution in [0.25, 0.3) is 11.0 Å². The molecule has 96 valence electrons. The standard InChI is InChI=1S/C13H13BrClFN2/c1-7-2-8(3-7)18-12-5-10(16)9(14)4-11(12)17-13(18)6-15/h4-5,7-8H,2-3,6H2,1H3. The molecule has 0 bridgehead atoms. The van der Waals surface area contributed by atoms with Gasteiger partial charge in [0, 0.05) is 12.1 Å². The molecule has 2 aromatic rings. The lowest BCUT2D eigenvalue weighted by molar-refractivity contribution is 0.217. The van der Waals surface area contributed by atoms with Crippen LogP contribution in [0.1, 0.15) is 31.6 Å². The summed E-state index contributed by atoms with van der Waals surface area (Å²) in [6.07, 6.45) is 2.24. The number of hydrogen-bond acceptors (Lipinski definition) is 1. The molecule has 0 aliphatic heterocycles. The molecule has 2 nitrogen and oxygen atoms in total. The fraction of sp³-hybridized carbons (Fsp3) is 0.462. The predicted molar refractivity (Wildman–Crippen MR) is 74.4 cm³/mol. The molecule has 18 heavy (non-hydrogen) atoms. The molecule has 0 radical (unpaired) electrons. The molecule has 0 saturated heterocycles. The van der Waals surface area contributed by atoms with E-state index in [1.165, 1.54) is 0 Å². The monoisotopic (exact) mass is 330 g/mol. The number of imidazole rings is 1. The fourth-order valence-corrected chi connectivity index (χ4v) is 3.23. The van der Waals surface area contributed by atoms with Crippen molar-refractivity contribution in [1.82, 2.24) is 9.55 Å². The predicted octanol–water partition coefficient (Wildman–Crippen LogP) is 4.65. The number of alkyl halides is 1. The van der Waals surface area contributed by atoms with Gasteiger partial charge in [-0.1, -0.05) is 6.92 Å². The number of aromatic nitrogens is 2. The third kappa shape index (κ3) is 1.86. The first-order valence-electron chi connectivity index (χ1n) is 6.02. The minimum absolute atomic E-state index is 0.253. The molecule has 1 fully saturated rings. The first kappa shape index (κ1) is 12.4. The minimum atomic E-state index is -0.253. The van der Waals surface area contributed by atoms with Gasteiger partial charge < -0.3 is 4.57 Å². The van der Waals surface area contributed by atoms with E-state index in [2.05, 4.69) is 32.4 Å². The van der Waals surface area contributed by atoms with Crippen LogP contribution in [0.4, 0.5) is 4.39 Å². The largest absolute Gasteiger partial charge is 0.324 e. The Morgan fingerprint density at radius 3 is 2.83 bits per heavy atom. The van der Waals surface area contributed by atoms with Gasteiger partial charge in [0.05, 0.1) is 21.4 Å². The Hall–Kier alpha value is -0.610. The van der Waals surface area contributed by atoms with Crippen molar-refractivity contribution < 1.29 is 4.39 Å². The summed E-state index contributed by atoms with van der Waals surface area (Å²) in [5.41, 5.74) is 1.65. The maximum atomic E-state index is 13.7. The van der Waals surface area contributed by atoms with Crippen molar-refractivity contribution in [2.45, 2.75) is 31.7 Å². The maximum absolute atomic E-state index is 13.7. The Balaban J connectivity index is 2.18. The molecule has 0 unspecified atom stereocenters. The van der Waals surface area contributed by atoms with Crippen LogP contribution in [0, 0.1) is 11.7 Å². The lowest BCUT2D eigenvalue weighted by atomic mass is 9.81. The van der Waals surface area contributed by atoms with E-state index in [9.17, 15) is 4.39 Å². The highest BCUT2D eigenvalue weighted by molar-refractivity contribution is 9.10. The van der Waals surface area contributed by atoms with E-state index < -0.39 is 0 Å². The van der Waals surface area contributed by atoms with E-state index >= 15 is 0 Å². The van der Waals surface area contributed by atoms with E-state index in [1.54, 1.807) is 12.1 Å². The van der Waals surface area contributed by atoms with Gasteiger partial charge in [-0.25, -0.2) is 9.37 Å². The van der Waals surface area contributed by atoms with Crippen molar-refractivity contribution in [3.63, 3.8) is 0 Å². The van der Waals surface area contributed by atoms with Crippen LogP contribution in [0.2, 0.25) is 0 Å². The second-order valence-corrected chi connectivity index (χ2v) is 6.14. The molecule has 0 spiro atoms. The zero-order chi connectivity index (χ0) is 12.9. The lowest BCUT2D eigenvalue weighted by Gasteiger charge is -2.35. The fourth-order valence-electron chi connectivity index (χ4n) is 2.71. The smallest absolute Gasteiger partial charge is 0.139 e. The first-order valence-corrected chi connectivity index (χ1v) is 7.34. The number of hydrogen-bond donors (Lipinski definition) is 0. The summed E-state index contributed by atoms with van der Waals surface area (Å²) >= 11 is 9.15. The number of fused-ring (bicyclic) bond motifs is 1. The van der Waals surface area contributed by atoms with Gasteiger partial charge in [-0.05, 0) is 40.8 Å². The molecule has 0 N–H and O–H groups in total. The van der Waals surface area contributed by atoms with Crippen molar-refractivity contribution in [2.24, 2.45) is 5.92 Å². The summed E-state index contributed by atoms with van der Waals surface area (Å²) in [5, 5.41) is 0. The second kappa shape index (κ2) is 4.49. The van der Waals surface area contributed by atoms with Gasteiger partial charge >= 0.3 is 0 Å². The average Bonchev–Trinajstić information content (AvgIpc) is 2.63. The third-order valence-electron chi connectivity index (χ3n) is 3.64. The summed E-state index contributed by atoms with van der Waals surface area (Å²) in [7, 11) is 0. The average molecular weight is 332 g/mol. The Kier molecular flexibility index (Phi) is 3.10. The van der Waals surface area contributed by atoms with Gasteiger partial charge in [0.15, 0.2) is 0 Å². The van der Waals surface area contributed by atoms with Crippen LogP contribution in [0.5, 0.6) is 0 Å². The number of rotatable bonds is 2. The molecule has 3 rings (SSSR count). The number of halogens is 3. The zero-order valence-corrected chi connectivity index (χ0v) is 12.3. The Labute approximate surface area is 118 Å². The molecule has 1 aliphatic rings. The van der Waals surface area contributed by atoms with E-state index in [1.807, 2.05) is 0 Å². The summed E-state index contributed by atoms with van der Waals surface area (Å²) in [5.74, 6) is 1.67. The van der Waals surface area contributed by atoms with Crippen molar-refractivity contribution in [2.75, 3.05) is 0 Å². The topological polar surface area (TPSA) is 17.8 Å². The molecular weight excluding hydrogens is 319 g/mol. The Bertz CT molecular complexity index is 605. The molecule has 1 saturated carbocycles. The van der Waals surface area contributed by atoms with Crippen molar-refractivity contribution in [1.29, 1.82) is 0 Å². The quantitative estimate of drug-likeness (QED) is 0.733. The van der Waals surface area contributed by atoms with E-state index in [0.717, 1.165) is 35.6 Å². The summed E-state index contributed by atoms with van der Waals surface area (Å²) < 4.78 is 16.2. The van der Waals surface area contributed by atoms with Gasteiger partial charge in [-0.15, -0.1) is 11.6 Å². The van der Waals surface area contributed by atoms with Crippen molar-refractivity contribution >= 4 is 38.6 Å². The molecular formula is C13H13BrClFN2. The number of benzene rings is 1. The van der Waals surface area contributed by atoms with Crippen LogP contribution < -0.4 is 0 Å². The molecule has 1 heterocycles. The van der Waals surface area contributed by atoms with Gasteiger partial charge in [0.2, 0.25) is 0 Å². The van der Waals surface area contributed by atoms with Crippen molar-refractivity contribution in [3.05, 3.63) is 28.2 Å². The third-order valence-corrected chi connectivity index (χ3v) is 4.48. The molecule has 5 heteroatoms. The number of nitrogens with zero attached hydrogens (tertiary/aromatic N) is 2. The van der Waals surface area contributed by atoms with Gasteiger partial charge in [-0.2, -0.15) is 0 Å². The van der Waals surface area contributed by atoms with Crippen LogP contribution in [0.15, 0.2) is 16.6 Å². The molecule has 1 aromatic heterocycles. The van der Waals surface area contributed by atoms with Crippen LogP contribution >= 0.6 is 27.5 Å². The van der Waals surface area contributed by atoms with E-state index in [-0.39, 0.29) is 5.82 Å². The van der Waals surface area contributed by atoms with E-state index in [0.29, 0.717) is 16.4 Å². The zero-order valence-electron chi connectivity index (χ0n) is 9.96. The maximum Gasteiger partial charge on any atom is 0.139 e. The lowest BCUT2D eigenvalue weighted by Crippen LogP contribution is -2.25. The van der Waals surface area contributed by atoms with Crippen molar-refractivity contribution in [3.8, 4) is 0 Å².